The topological polar surface area (TPSA) is 33.1 Å². The predicted octanol–water partition coefficient (Wildman–Crippen LogP) is 3.34. The maximum absolute atomic E-state index is 13.7. The van der Waals surface area contributed by atoms with Crippen LogP contribution in [-0.2, 0) is 6.61 Å². The summed E-state index contributed by atoms with van der Waals surface area (Å²) in [6, 6.07) is 6.65. The fraction of sp³-hybridized carbons (Fsp3) is 0.154. The second-order valence-electron chi connectivity index (χ2n) is 3.77. The highest BCUT2D eigenvalue weighted by Gasteiger charge is 2.10. The minimum Gasteiger partial charge on any atom is -0.392 e. The molecule has 0 unspecified atom stereocenters. The van der Waals surface area contributed by atoms with Gasteiger partial charge in [0, 0.05) is 16.3 Å². The molecular formula is C13H11ClFNO. The monoisotopic (exact) mass is 251 g/mol. The standard InChI is InChI=1S/C13H11ClFNO/c1-8-4-12(13(15)6-16-8)11-3-2-10(14)5-9(11)7-17/h2-6,17H,7H2,1H3. The van der Waals surface area contributed by atoms with Crippen molar-refractivity contribution in [2.45, 2.75) is 13.5 Å². The van der Waals surface area contributed by atoms with E-state index in [0.29, 0.717) is 21.7 Å². The molecule has 1 N–H and O–H groups in total. The van der Waals surface area contributed by atoms with Gasteiger partial charge in [-0.2, -0.15) is 0 Å². The van der Waals surface area contributed by atoms with Crippen LogP contribution in [0.4, 0.5) is 4.39 Å². The molecule has 0 aliphatic rings. The van der Waals surface area contributed by atoms with Gasteiger partial charge in [0.05, 0.1) is 12.8 Å². The maximum atomic E-state index is 13.7. The number of hydrogen-bond acceptors (Lipinski definition) is 2. The highest BCUT2D eigenvalue weighted by molar-refractivity contribution is 6.30. The Morgan fingerprint density at radius 1 is 1.29 bits per heavy atom. The molecule has 1 aromatic carbocycles. The Hall–Kier alpha value is -1.45. The normalized spacial score (nSPS) is 10.6. The van der Waals surface area contributed by atoms with Crippen LogP contribution in [-0.4, -0.2) is 10.1 Å². The number of pyridine rings is 1. The molecule has 2 nitrogen and oxygen atoms in total. The van der Waals surface area contributed by atoms with Crippen LogP contribution in [0.3, 0.4) is 0 Å². The molecule has 17 heavy (non-hydrogen) atoms. The SMILES string of the molecule is Cc1cc(-c2ccc(Cl)cc2CO)c(F)cn1. The Balaban J connectivity index is 2.63. The van der Waals surface area contributed by atoms with Gasteiger partial charge in [-0.1, -0.05) is 17.7 Å². The van der Waals surface area contributed by atoms with E-state index in [2.05, 4.69) is 4.98 Å². The molecule has 88 valence electrons. The van der Waals surface area contributed by atoms with Crippen molar-refractivity contribution in [1.82, 2.24) is 4.98 Å². The molecule has 0 bridgehead atoms. The molecular weight excluding hydrogens is 241 g/mol. The number of aryl methyl sites for hydroxylation is 1. The zero-order valence-corrected chi connectivity index (χ0v) is 10.0. The van der Waals surface area contributed by atoms with Crippen molar-refractivity contribution in [3.63, 3.8) is 0 Å². The number of aromatic nitrogens is 1. The summed E-state index contributed by atoms with van der Waals surface area (Å²) >= 11 is 5.84. The van der Waals surface area contributed by atoms with Crippen LogP contribution in [0.15, 0.2) is 30.5 Å². The van der Waals surface area contributed by atoms with Gasteiger partial charge in [0.25, 0.3) is 0 Å². The third kappa shape index (κ3) is 2.46. The number of nitrogens with zero attached hydrogens (tertiary/aromatic N) is 1. The molecule has 2 aromatic rings. The Morgan fingerprint density at radius 2 is 2.06 bits per heavy atom. The molecule has 0 saturated carbocycles. The zero-order valence-electron chi connectivity index (χ0n) is 9.24. The summed E-state index contributed by atoms with van der Waals surface area (Å²) in [5, 5.41) is 9.79. The van der Waals surface area contributed by atoms with Gasteiger partial charge in [0.15, 0.2) is 0 Å². The van der Waals surface area contributed by atoms with Gasteiger partial charge in [0.1, 0.15) is 5.82 Å². The molecule has 0 aliphatic carbocycles. The van der Waals surface area contributed by atoms with E-state index >= 15 is 0 Å². The van der Waals surface area contributed by atoms with E-state index in [9.17, 15) is 9.50 Å². The number of benzene rings is 1. The van der Waals surface area contributed by atoms with Crippen LogP contribution in [0.25, 0.3) is 11.1 Å². The smallest absolute Gasteiger partial charge is 0.149 e. The first kappa shape index (κ1) is 12.0. The van der Waals surface area contributed by atoms with Gasteiger partial charge in [-0.3, -0.25) is 4.98 Å². The second-order valence-corrected chi connectivity index (χ2v) is 4.20. The third-order valence-electron chi connectivity index (χ3n) is 2.52. The van der Waals surface area contributed by atoms with Crippen LogP contribution >= 0.6 is 11.6 Å². The molecule has 1 aromatic heterocycles. The lowest BCUT2D eigenvalue weighted by Gasteiger charge is -2.09. The van der Waals surface area contributed by atoms with E-state index in [-0.39, 0.29) is 6.61 Å². The first-order valence-corrected chi connectivity index (χ1v) is 5.51. The Bertz CT molecular complexity index is 557. The summed E-state index contributed by atoms with van der Waals surface area (Å²) in [5.74, 6) is -0.410. The lowest BCUT2D eigenvalue weighted by molar-refractivity contribution is 0.282. The van der Waals surface area contributed by atoms with E-state index in [1.165, 1.54) is 6.20 Å². The summed E-state index contributed by atoms with van der Waals surface area (Å²) in [6.07, 6.45) is 1.18. The van der Waals surface area contributed by atoms with Gasteiger partial charge < -0.3 is 5.11 Å². The van der Waals surface area contributed by atoms with Crippen LogP contribution < -0.4 is 0 Å². The number of aliphatic hydroxyl groups is 1. The van der Waals surface area contributed by atoms with Crippen LogP contribution in [0.1, 0.15) is 11.3 Å². The van der Waals surface area contributed by atoms with Crippen molar-refractivity contribution in [2.24, 2.45) is 0 Å². The highest BCUT2D eigenvalue weighted by atomic mass is 35.5. The van der Waals surface area contributed by atoms with E-state index in [0.717, 1.165) is 5.69 Å². The minimum absolute atomic E-state index is 0.184. The molecule has 0 radical (unpaired) electrons. The highest BCUT2D eigenvalue weighted by Crippen LogP contribution is 2.28. The lowest BCUT2D eigenvalue weighted by atomic mass is 10.00. The Kier molecular flexibility index (Phi) is 3.41. The molecule has 0 saturated heterocycles. The molecule has 1 heterocycles. The summed E-state index contributed by atoms with van der Waals surface area (Å²) in [5.41, 5.74) is 2.39. The fourth-order valence-electron chi connectivity index (χ4n) is 1.71. The molecule has 0 amide bonds. The van der Waals surface area contributed by atoms with Gasteiger partial charge >= 0.3 is 0 Å². The Morgan fingerprint density at radius 3 is 2.76 bits per heavy atom. The summed E-state index contributed by atoms with van der Waals surface area (Å²) < 4.78 is 13.7. The largest absolute Gasteiger partial charge is 0.392 e. The van der Waals surface area contributed by atoms with Crippen molar-refractivity contribution < 1.29 is 9.50 Å². The first-order chi connectivity index (χ1) is 8.11. The predicted molar refractivity (Wildman–Crippen MR) is 65.3 cm³/mol. The minimum atomic E-state index is -0.410. The van der Waals surface area contributed by atoms with Crippen molar-refractivity contribution in [1.29, 1.82) is 0 Å². The first-order valence-electron chi connectivity index (χ1n) is 5.13. The number of halogens is 2. The molecule has 2 rings (SSSR count). The summed E-state index contributed by atoms with van der Waals surface area (Å²) in [6.45, 7) is 1.61. The summed E-state index contributed by atoms with van der Waals surface area (Å²) in [7, 11) is 0. The van der Waals surface area contributed by atoms with E-state index in [1.54, 1.807) is 31.2 Å². The third-order valence-corrected chi connectivity index (χ3v) is 2.75. The average molecular weight is 252 g/mol. The van der Waals surface area contributed by atoms with E-state index < -0.39 is 5.82 Å². The van der Waals surface area contributed by atoms with Crippen molar-refractivity contribution in [3.8, 4) is 11.1 Å². The number of aliphatic hydroxyl groups excluding tert-OH is 1. The quantitative estimate of drug-likeness (QED) is 0.888. The molecule has 0 fully saturated rings. The van der Waals surface area contributed by atoms with Gasteiger partial charge in [-0.25, -0.2) is 4.39 Å². The van der Waals surface area contributed by atoms with Crippen molar-refractivity contribution in [2.75, 3.05) is 0 Å². The number of rotatable bonds is 2. The molecule has 0 atom stereocenters. The lowest BCUT2D eigenvalue weighted by Crippen LogP contribution is -1.94. The maximum Gasteiger partial charge on any atom is 0.149 e. The Labute approximate surface area is 104 Å². The number of hydrogen-bond donors (Lipinski definition) is 1. The van der Waals surface area contributed by atoms with E-state index in [4.69, 9.17) is 11.6 Å². The van der Waals surface area contributed by atoms with Gasteiger partial charge in [-0.05, 0) is 36.2 Å². The van der Waals surface area contributed by atoms with Gasteiger partial charge in [0.2, 0.25) is 0 Å². The molecule has 4 heteroatoms. The van der Waals surface area contributed by atoms with E-state index in [1.807, 2.05) is 0 Å². The van der Waals surface area contributed by atoms with Crippen LogP contribution in [0, 0.1) is 12.7 Å². The average Bonchev–Trinajstić information content (AvgIpc) is 2.32. The van der Waals surface area contributed by atoms with Crippen LogP contribution in [0.5, 0.6) is 0 Å². The summed E-state index contributed by atoms with van der Waals surface area (Å²) in [4.78, 5) is 3.87. The molecule has 0 aliphatic heterocycles. The fourth-order valence-corrected chi connectivity index (χ4v) is 1.90. The van der Waals surface area contributed by atoms with Crippen LogP contribution in [0.2, 0.25) is 5.02 Å². The zero-order chi connectivity index (χ0) is 12.4. The van der Waals surface area contributed by atoms with Crippen molar-refractivity contribution in [3.05, 3.63) is 52.6 Å². The van der Waals surface area contributed by atoms with Gasteiger partial charge in [-0.15, -0.1) is 0 Å². The molecule has 0 spiro atoms. The van der Waals surface area contributed by atoms with Crippen molar-refractivity contribution >= 4 is 11.6 Å². The second kappa shape index (κ2) is 4.82.